The molecule has 1 N–H and O–H groups in total. The molecular weight excluding hydrogens is 293 g/mol. The molecule has 0 heterocycles. The number of alkyl halides is 3. The third-order valence-electron chi connectivity index (χ3n) is 2.83. The molecule has 1 aromatic carbocycles. The average molecular weight is 306 g/mol. The number of hydrogen-bond acceptors (Lipinski definition) is 4. The first-order valence-corrected chi connectivity index (χ1v) is 5.79. The summed E-state index contributed by atoms with van der Waals surface area (Å²) >= 11 is 0. The van der Waals surface area contributed by atoms with E-state index in [1.165, 1.54) is 19.1 Å². The van der Waals surface area contributed by atoms with Crippen LogP contribution < -0.4 is 0 Å². The van der Waals surface area contributed by atoms with Crippen LogP contribution in [0, 0.1) is 17.0 Å². The van der Waals surface area contributed by atoms with Crippen molar-refractivity contribution in [1.82, 2.24) is 4.90 Å². The van der Waals surface area contributed by atoms with Crippen molar-refractivity contribution in [3.63, 3.8) is 0 Å². The van der Waals surface area contributed by atoms with Crippen LogP contribution >= 0.6 is 0 Å². The number of benzene rings is 1. The molecule has 1 atom stereocenters. The van der Waals surface area contributed by atoms with E-state index in [1.807, 2.05) is 0 Å². The molecule has 0 aliphatic rings. The predicted molar refractivity (Wildman–Crippen MR) is 66.9 cm³/mol. The van der Waals surface area contributed by atoms with E-state index < -0.39 is 29.7 Å². The number of aliphatic hydroxyl groups is 1. The second-order valence-corrected chi connectivity index (χ2v) is 4.50. The van der Waals surface area contributed by atoms with E-state index in [0.717, 1.165) is 13.1 Å². The minimum absolute atomic E-state index is 0.0823. The topological polar surface area (TPSA) is 83.7 Å². The van der Waals surface area contributed by atoms with E-state index in [9.17, 15) is 28.1 Å². The van der Waals surface area contributed by atoms with Crippen LogP contribution in [0.25, 0.3) is 0 Å². The van der Waals surface area contributed by atoms with E-state index in [2.05, 4.69) is 0 Å². The number of rotatable bonds is 4. The van der Waals surface area contributed by atoms with Gasteiger partial charge in [0.25, 0.3) is 11.6 Å². The molecule has 1 rings (SSSR count). The minimum atomic E-state index is -4.84. The van der Waals surface area contributed by atoms with Gasteiger partial charge >= 0.3 is 6.18 Å². The molecule has 0 fully saturated rings. The molecule has 6 nitrogen and oxygen atoms in total. The van der Waals surface area contributed by atoms with Gasteiger partial charge in [-0.3, -0.25) is 14.9 Å². The first-order valence-electron chi connectivity index (χ1n) is 5.79. The summed E-state index contributed by atoms with van der Waals surface area (Å²) in [6, 6.07) is 3.52. The fourth-order valence-corrected chi connectivity index (χ4v) is 1.61. The monoisotopic (exact) mass is 306 g/mol. The van der Waals surface area contributed by atoms with Gasteiger partial charge in [0.05, 0.1) is 11.5 Å². The largest absolute Gasteiger partial charge is 0.416 e. The zero-order chi connectivity index (χ0) is 16.4. The lowest BCUT2D eigenvalue weighted by Crippen LogP contribution is -2.41. The van der Waals surface area contributed by atoms with Crippen LogP contribution in [0.3, 0.4) is 0 Å². The van der Waals surface area contributed by atoms with Gasteiger partial charge in [0.15, 0.2) is 6.10 Å². The first-order chi connectivity index (χ1) is 9.54. The van der Waals surface area contributed by atoms with Crippen molar-refractivity contribution in [3.05, 3.63) is 39.4 Å². The maximum atomic E-state index is 12.2. The Labute approximate surface area is 117 Å². The van der Waals surface area contributed by atoms with Crippen molar-refractivity contribution in [2.75, 3.05) is 13.6 Å². The van der Waals surface area contributed by atoms with Crippen LogP contribution in [0.15, 0.2) is 18.2 Å². The molecule has 0 aromatic heterocycles. The maximum absolute atomic E-state index is 12.2. The molecule has 1 amide bonds. The number of halogens is 3. The molecule has 0 saturated carbocycles. The SMILES string of the molecule is Cc1ccc([N+](=O)[O-])cc1C(=O)N(C)CC(O)C(F)(F)F. The number of hydrogen-bond donors (Lipinski definition) is 1. The number of amides is 1. The predicted octanol–water partition coefficient (Wildman–Crippen LogP) is 1.90. The number of nitrogens with zero attached hydrogens (tertiary/aromatic N) is 2. The van der Waals surface area contributed by atoms with E-state index in [-0.39, 0.29) is 11.3 Å². The fraction of sp³-hybridized carbons (Fsp3) is 0.417. The summed E-state index contributed by atoms with van der Waals surface area (Å²) < 4.78 is 36.7. The lowest BCUT2D eigenvalue weighted by Gasteiger charge is -2.23. The van der Waals surface area contributed by atoms with Crippen LogP contribution in [0.1, 0.15) is 15.9 Å². The number of non-ortho nitro benzene ring substituents is 1. The van der Waals surface area contributed by atoms with Crippen molar-refractivity contribution in [1.29, 1.82) is 0 Å². The Bertz CT molecular complexity index is 560. The Morgan fingerprint density at radius 3 is 2.52 bits per heavy atom. The summed E-state index contributed by atoms with van der Waals surface area (Å²) in [5.41, 5.74) is -0.0336. The smallest absolute Gasteiger partial charge is 0.382 e. The zero-order valence-electron chi connectivity index (χ0n) is 11.2. The maximum Gasteiger partial charge on any atom is 0.416 e. The molecular formula is C12H13F3N2O4. The van der Waals surface area contributed by atoms with Gasteiger partial charge in [0.2, 0.25) is 0 Å². The Kier molecular flexibility index (Phi) is 4.89. The fourth-order valence-electron chi connectivity index (χ4n) is 1.61. The quantitative estimate of drug-likeness (QED) is 0.680. The van der Waals surface area contributed by atoms with Crippen molar-refractivity contribution in [2.45, 2.75) is 19.2 Å². The van der Waals surface area contributed by atoms with Crippen LogP contribution in [0.2, 0.25) is 0 Å². The van der Waals surface area contributed by atoms with Crippen molar-refractivity contribution >= 4 is 11.6 Å². The van der Waals surface area contributed by atoms with Gasteiger partial charge in [-0.1, -0.05) is 6.07 Å². The third-order valence-corrected chi connectivity index (χ3v) is 2.83. The molecule has 1 unspecified atom stereocenters. The van der Waals surface area contributed by atoms with Gasteiger partial charge < -0.3 is 10.0 Å². The summed E-state index contributed by atoms with van der Waals surface area (Å²) in [6.45, 7) is 0.551. The van der Waals surface area contributed by atoms with Crippen LogP contribution in [0.4, 0.5) is 18.9 Å². The highest BCUT2D eigenvalue weighted by atomic mass is 19.4. The van der Waals surface area contributed by atoms with Crippen LogP contribution in [0.5, 0.6) is 0 Å². The second-order valence-electron chi connectivity index (χ2n) is 4.50. The number of likely N-dealkylation sites (N-methyl/N-ethyl adjacent to an activating group) is 1. The highest BCUT2D eigenvalue weighted by Gasteiger charge is 2.39. The number of carbonyl (C=O) groups is 1. The molecule has 116 valence electrons. The normalized spacial score (nSPS) is 12.9. The van der Waals surface area contributed by atoms with E-state index in [0.29, 0.717) is 10.5 Å². The van der Waals surface area contributed by atoms with E-state index >= 15 is 0 Å². The van der Waals surface area contributed by atoms with Gasteiger partial charge in [-0.2, -0.15) is 13.2 Å². The Balaban J connectivity index is 2.98. The van der Waals surface area contributed by atoms with Crippen LogP contribution in [-0.2, 0) is 0 Å². The van der Waals surface area contributed by atoms with E-state index in [4.69, 9.17) is 5.11 Å². The van der Waals surface area contributed by atoms with Gasteiger partial charge in [0, 0.05) is 24.7 Å². The van der Waals surface area contributed by atoms with Crippen molar-refractivity contribution in [3.8, 4) is 0 Å². The van der Waals surface area contributed by atoms with Gasteiger partial charge in [-0.05, 0) is 12.5 Å². The number of nitro groups is 1. The molecule has 9 heteroatoms. The van der Waals surface area contributed by atoms with Gasteiger partial charge in [0.1, 0.15) is 0 Å². The third kappa shape index (κ3) is 4.15. The zero-order valence-corrected chi connectivity index (χ0v) is 11.2. The highest BCUT2D eigenvalue weighted by molar-refractivity contribution is 5.96. The number of aryl methyl sites for hydroxylation is 1. The summed E-state index contributed by atoms with van der Waals surface area (Å²) in [7, 11) is 1.08. The molecule has 0 aliphatic carbocycles. The lowest BCUT2D eigenvalue weighted by molar-refractivity contribution is -0.384. The molecule has 0 radical (unpaired) electrons. The summed E-state index contributed by atoms with van der Waals surface area (Å²) in [4.78, 5) is 22.6. The number of aliphatic hydroxyl groups excluding tert-OH is 1. The van der Waals surface area contributed by atoms with Gasteiger partial charge in [-0.15, -0.1) is 0 Å². The Morgan fingerprint density at radius 1 is 1.48 bits per heavy atom. The molecule has 0 bridgehead atoms. The number of nitro benzene ring substituents is 1. The summed E-state index contributed by atoms with van der Waals surface area (Å²) in [5.74, 6) is -0.834. The molecule has 0 aliphatic heterocycles. The average Bonchev–Trinajstić information content (AvgIpc) is 2.36. The Morgan fingerprint density at radius 2 is 2.05 bits per heavy atom. The second kappa shape index (κ2) is 6.08. The standard InChI is InChI=1S/C12H13F3N2O4/c1-7-3-4-8(17(20)21)5-9(7)11(19)16(2)6-10(18)12(13,14)15/h3-5,10,18H,6H2,1-2H3. The minimum Gasteiger partial charge on any atom is -0.382 e. The van der Waals surface area contributed by atoms with E-state index in [1.54, 1.807) is 0 Å². The number of carbonyl (C=O) groups excluding carboxylic acids is 1. The lowest BCUT2D eigenvalue weighted by atomic mass is 10.1. The molecule has 21 heavy (non-hydrogen) atoms. The Hall–Kier alpha value is -2.16. The summed E-state index contributed by atoms with van der Waals surface area (Å²) in [6.07, 6.45) is -7.52. The van der Waals surface area contributed by atoms with Crippen molar-refractivity contribution < 1.29 is 28.0 Å². The molecule has 0 spiro atoms. The van der Waals surface area contributed by atoms with Crippen molar-refractivity contribution in [2.24, 2.45) is 0 Å². The van der Waals surface area contributed by atoms with Crippen LogP contribution in [-0.4, -0.2) is 46.7 Å². The molecule has 0 saturated heterocycles. The highest BCUT2D eigenvalue weighted by Crippen LogP contribution is 2.22. The molecule has 1 aromatic rings. The summed E-state index contributed by atoms with van der Waals surface area (Å²) in [5, 5.41) is 19.6. The first kappa shape index (κ1) is 16.9. The van der Waals surface area contributed by atoms with Gasteiger partial charge in [-0.25, -0.2) is 0 Å².